The summed E-state index contributed by atoms with van der Waals surface area (Å²) in [5.41, 5.74) is 0. The molecule has 0 aliphatic heterocycles. The molecule has 0 fully saturated rings. The molecule has 0 saturated heterocycles. The minimum absolute atomic E-state index is 0.874. The molecule has 1 unspecified atom stereocenters. The molecule has 14 heavy (non-hydrogen) atoms. The SMILES string of the molecule is O=P(O)(O)OCC(CO)OS(=O)(=O)O. The van der Waals surface area contributed by atoms with Gasteiger partial charge in [0.05, 0.1) is 13.2 Å². The fourth-order valence-electron chi connectivity index (χ4n) is 0.463. The summed E-state index contributed by atoms with van der Waals surface area (Å²) in [4.78, 5) is 16.4. The number of phosphoric ester groups is 1. The van der Waals surface area contributed by atoms with Gasteiger partial charge in [0.25, 0.3) is 0 Å². The smallest absolute Gasteiger partial charge is 0.394 e. The molecule has 0 spiro atoms. The Balaban J connectivity index is 4.12. The summed E-state index contributed by atoms with van der Waals surface area (Å²) >= 11 is 0. The molecule has 0 saturated carbocycles. The number of phosphoric acid groups is 1. The highest BCUT2D eigenvalue weighted by Gasteiger charge is 2.21. The molecule has 1 atom stereocenters. The van der Waals surface area contributed by atoms with E-state index < -0.39 is 37.5 Å². The fraction of sp³-hybridized carbons (Fsp3) is 1.00. The molecule has 0 aliphatic rings. The number of rotatable bonds is 6. The van der Waals surface area contributed by atoms with Crippen molar-refractivity contribution in [1.82, 2.24) is 0 Å². The fourth-order valence-corrected chi connectivity index (χ4v) is 1.28. The second-order valence-electron chi connectivity index (χ2n) is 2.11. The van der Waals surface area contributed by atoms with E-state index in [0.717, 1.165) is 0 Å². The molecule has 0 bridgehead atoms. The lowest BCUT2D eigenvalue weighted by atomic mass is 10.4. The Kier molecular flexibility index (Phi) is 5.12. The minimum Gasteiger partial charge on any atom is -0.394 e. The van der Waals surface area contributed by atoms with E-state index >= 15 is 0 Å². The molecule has 0 aromatic heterocycles. The standard InChI is InChI=1S/C3H9O9PS/c4-1-3(12-14(8,9)10)2-11-13(5,6)7/h3-4H,1-2H2,(H2,5,6,7)(H,8,9,10). The average molecular weight is 252 g/mol. The highest BCUT2D eigenvalue weighted by Crippen LogP contribution is 2.35. The molecule has 0 heterocycles. The average Bonchev–Trinajstić information content (AvgIpc) is 1.94. The molecule has 0 aromatic carbocycles. The van der Waals surface area contributed by atoms with Crippen molar-refractivity contribution in [1.29, 1.82) is 0 Å². The molecular weight excluding hydrogens is 243 g/mol. The first kappa shape index (κ1) is 13.9. The molecule has 4 N–H and O–H groups in total. The van der Waals surface area contributed by atoms with Gasteiger partial charge in [-0.25, -0.2) is 8.75 Å². The van der Waals surface area contributed by atoms with Crippen LogP contribution in [0.25, 0.3) is 0 Å². The lowest BCUT2D eigenvalue weighted by molar-refractivity contribution is 0.0542. The van der Waals surface area contributed by atoms with Crippen LogP contribution in [0.4, 0.5) is 0 Å². The van der Waals surface area contributed by atoms with Crippen molar-refractivity contribution in [2.45, 2.75) is 6.10 Å². The topological polar surface area (TPSA) is 151 Å². The molecule has 0 amide bonds. The third-order valence-electron chi connectivity index (χ3n) is 0.890. The van der Waals surface area contributed by atoms with Crippen LogP contribution in [-0.2, 0) is 23.7 Å². The van der Waals surface area contributed by atoms with Gasteiger partial charge in [0.1, 0.15) is 6.10 Å². The first-order chi connectivity index (χ1) is 6.14. The highest BCUT2D eigenvalue weighted by atomic mass is 32.3. The maximum absolute atomic E-state index is 10.1. The van der Waals surface area contributed by atoms with Crippen LogP contribution >= 0.6 is 7.82 Å². The molecule has 9 nitrogen and oxygen atoms in total. The molecule has 86 valence electrons. The monoisotopic (exact) mass is 252 g/mol. The van der Waals surface area contributed by atoms with Gasteiger partial charge in [-0.3, -0.25) is 9.08 Å². The zero-order valence-electron chi connectivity index (χ0n) is 6.68. The van der Waals surface area contributed by atoms with E-state index in [9.17, 15) is 13.0 Å². The van der Waals surface area contributed by atoms with E-state index in [-0.39, 0.29) is 0 Å². The van der Waals surface area contributed by atoms with Crippen LogP contribution in [0.2, 0.25) is 0 Å². The summed E-state index contributed by atoms with van der Waals surface area (Å²) < 4.78 is 46.1. The van der Waals surface area contributed by atoms with Crippen molar-refractivity contribution in [2.24, 2.45) is 0 Å². The van der Waals surface area contributed by atoms with E-state index in [1.807, 2.05) is 0 Å². The first-order valence-corrected chi connectivity index (χ1v) is 6.00. The number of hydrogen-bond donors (Lipinski definition) is 4. The van der Waals surface area contributed by atoms with Gasteiger partial charge in [-0.2, -0.15) is 8.42 Å². The summed E-state index contributed by atoms with van der Waals surface area (Å²) in [5.74, 6) is 0. The van der Waals surface area contributed by atoms with Crippen molar-refractivity contribution < 1.29 is 41.1 Å². The molecular formula is C3H9O9PS. The van der Waals surface area contributed by atoms with E-state index in [1.165, 1.54) is 0 Å². The summed E-state index contributed by atoms with van der Waals surface area (Å²) in [6.45, 7) is -1.76. The second-order valence-corrected chi connectivity index (χ2v) is 4.40. The summed E-state index contributed by atoms with van der Waals surface area (Å²) in [6, 6.07) is 0. The van der Waals surface area contributed by atoms with Gasteiger partial charge >= 0.3 is 18.2 Å². The lowest BCUT2D eigenvalue weighted by Crippen LogP contribution is -2.26. The van der Waals surface area contributed by atoms with E-state index in [1.54, 1.807) is 0 Å². The Hall–Kier alpha value is -0.0600. The third kappa shape index (κ3) is 8.53. The second kappa shape index (κ2) is 5.14. The Morgan fingerprint density at radius 1 is 1.36 bits per heavy atom. The molecule has 0 aromatic rings. The molecule has 0 rings (SSSR count). The number of aliphatic hydroxyl groups excluding tert-OH is 1. The van der Waals surface area contributed by atoms with Gasteiger partial charge in [-0.1, -0.05) is 0 Å². The van der Waals surface area contributed by atoms with Crippen LogP contribution in [0.5, 0.6) is 0 Å². The Labute approximate surface area is 79.5 Å². The quantitative estimate of drug-likeness (QED) is 0.319. The van der Waals surface area contributed by atoms with Crippen LogP contribution < -0.4 is 0 Å². The minimum atomic E-state index is -4.80. The van der Waals surface area contributed by atoms with Crippen LogP contribution in [0.1, 0.15) is 0 Å². The lowest BCUT2D eigenvalue weighted by Gasteiger charge is -2.12. The highest BCUT2D eigenvalue weighted by molar-refractivity contribution is 7.80. The normalized spacial score (nSPS) is 15.4. The predicted molar refractivity (Wildman–Crippen MR) is 41.5 cm³/mol. The maximum atomic E-state index is 10.1. The molecule has 11 heteroatoms. The molecule has 0 radical (unpaired) electrons. The zero-order valence-corrected chi connectivity index (χ0v) is 8.39. The van der Waals surface area contributed by atoms with E-state index in [4.69, 9.17) is 19.4 Å². The Morgan fingerprint density at radius 2 is 1.86 bits per heavy atom. The van der Waals surface area contributed by atoms with Crippen molar-refractivity contribution >= 4 is 18.2 Å². The van der Waals surface area contributed by atoms with Crippen LogP contribution in [-0.4, -0.2) is 47.2 Å². The zero-order chi connectivity index (χ0) is 11.4. The summed E-state index contributed by atoms with van der Waals surface area (Å²) in [5, 5.41) is 8.45. The largest absolute Gasteiger partial charge is 0.469 e. The van der Waals surface area contributed by atoms with Crippen molar-refractivity contribution in [3.63, 3.8) is 0 Å². The van der Waals surface area contributed by atoms with Crippen LogP contribution in [0.3, 0.4) is 0 Å². The van der Waals surface area contributed by atoms with Gasteiger partial charge < -0.3 is 14.9 Å². The Morgan fingerprint density at radius 3 is 2.14 bits per heavy atom. The first-order valence-electron chi connectivity index (χ1n) is 3.10. The summed E-state index contributed by atoms with van der Waals surface area (Å²) in [6.07, 6.45) is -1.57. The van der Waals surface area contributed by atoms with E-state index in [2.05, 4.69) is 8.71 Å². The van der Waals surface area contributed by atoms with Crippen LogP contribution in [0.15, 0.2) is 0 Å². The van der Waals surface area contributed by atoms with Crippen molar-refractivity contribution in [3.05, 3.63) is 0 Å². The van der Waals surface area contributed by atoms with Crippen molar-refractivity contribution in [2.75, 3.05) is 13.2 Å². The van der Waals surface area contributed by atoms with Gasteiger partial charge in [-0.15, -0.1) is 0 Å². The Bertz CT molecular complexity index is 302. The van der Waals surface area contributed by atoms with E-state index in [0.29, 0.717) is 0 Å². The van der Waals surface area contributed by atoms with Gasteiger partial charge in [0, 0.05) is 0 Å². The summed E-state index contributed by atoms with van der Waals surface area (Å²) in [7, 11) is -9.56. The predicted octanol–water partition coefficient (Wildman–Crippen LogP) is -1.72. The van der Waals surface area contributed by atoms with Crippen LogP contribution in [0, 0.1) is 0 Å². The maximum Gasteiger partial charge on any atom is 0.469 e. The van der Waals surface area contributed by atoms with Crippen molar-refractivity contribution in [3.8, 4) is 0 Å². The third-order valence-corrected chi connectivity index (χ3v) is 1.89. The molecule has 0 aliphatic carbocycles. The number of aliphatic hydroxyl groups is 1. The van der Waals surface area contributed by atoms with Gasteiger partial charge in [-0.05, 0) is 0 Å². The number of hydrogen-bond acceptors (Lipinski definition) is 6. The van der Waals surface area contributed by atoms with Gasteiger partial charge in [0.15, 0.2) is 0 Å². The van der Waals surface area contributed by atoms with Gasteiger partial charge in [0.2, 0.25) is 0 Å².